The fourth-order valence-corrected chi connectivity index (χ4v) is 3.21. The summed E-state index contributed by atoms with van der Waals surface area (Å²) in [6.45, 7) is 15.9. The van der Waals surface area contributed by atoms with Gasteiger partial charge in [0.25, 0.3) is 0 Å². The average molecular weight is 718 g/mol. The summed E-state index contributed by atoms with van der Waals surface area (Å²) in [6, 6.07) is 0. The zero-order chi connectivity index (χ0) is 36.1. The lowest BCUT2D eigenvalue weighted by Crippen LogP contribution is -2.36. The van der Waals surface area contributed by atoms with Crippen molar-refractivity contribution in [3.05, 3.63) is 0 Å². The van der Waals surface area contributed by atoms with Gasteiger partial charge in [-0.3, -0.25) is 0 Å². The maximum Gasteiger partial charge on any atom is 0.410 e. The van der Waals surface area contributed by atoms with Crippen molar-refractivity contribution >= 4 is 12.1 Å². The topological polar surface area (TPSA) is 178 Å². The predicted molar refractivity (Wildman–Crippen MR) is 176 cm³/mol. The van der Waals surface area contributed by atoms with E-state index in [9.17, 15) is 9.59 Å². The molecule has 292 valence electrons. The van der Waals surface area contributed by atoms with Crippen LogP contribution >= 0.6 is 0 Å². The van der Waals surface area contributed by atoms with Crippen LogP contribution in [0.4, 0.5) is 4.79 Å². The van der Waals surface area contributed by atoms with Gasteiger partial charge in [0.15, 0.2) is 0 Å². The Bertz CT molecular complexity index is 728. The lowest BCUT2D eigenvalue weighted by atomic mass is 10.2. The molecule has 1 amide bonds. The summed E-state index contributed by atoms with van der Waals surface area (Å²) in [6.07, 6.45) is -0.370. The summed E-state index contributed by atoms with van der Waals surface area (Å²) in [5.41, 5.74) is -0.515. The number of carboxylic acids is 1. The molecule has 17 nitrogen and oxygen atoms in total. The molecule has 0 aliphatic heterocycles. The van der Waals surface area contributed by atoms with Crippen LogP contribution in [0.1, 0.15) is 20.8 Å². The van der Waals surface area contributed by atoms with Gasteiger partial charge >= 0.3 is 12.1 Å². The van der Waals surface area contributed by atoms with E-state index in [1.54, 1.807) is 7.05 Å². The van der Waals surface area contributed by atoms with Gasteiger partial charge in [-0.05, 0) is 20.8 Å². The molecule has 0 atom stereocenters. The molecule has 0 aromatic carbocycles. The van der Waals surface area contributed by atoms with Crippen LogP contribution in [0.2, 0.25) is 0 Å². The predicted octanol–water partition coefficient (Wildman–Crippen LogP) is 1.14. The first-order chi connectivity index (χ1) is 23.7. The summed E-state index contributed by atoms with van der Waals surface area (Å²) in [5.74, 6) is -1.000. The zero-order valence-electron chi connectivity index (χ0n) is 30.2. The number of carbonyl (C=O) groups is 2. The molecular weight excluding hydrogens is 654 g/mol. The van der Waals surface area contributed by atoms with Crippen LogP contribution in [0.5, 0.6) is 0 Å². The van der Waals surface area contributed by atoms with Crippen molar-refractivity contribution in [2.75, 3.05) is 172 Å². The van der Waals surface area contributed by atoms with Crippen LogP contribution < -0.4 is 0 Å². The molecule has 0 rings (SSSR count). The third-order valence-corrected chi connectivity index (χ3v) is 5.59. The highest BCUT2D eigenvalue weighted by molar-refractivity contribution is 5.68. The molecule has 0 aromatic heterocycles. The monoisotopic (exact) mass is 717 g/mol. The van der Waals surface area contributed by atoms with E-state index in [1.807, 2.05) is 20.8 Å². The molecule has 0 aliphatic rings. The molecule has 0 saturated carbocycles. The van der Waals surface area contributed by atoms with Crippen molar-refractivity contribution in [2.24, 2.45) is 0 Å². The van der Waals surface area contributed by atoms with E-state index in [4.69, 9.17) is 66.7 Å². The Balaban J connectivity index is 3.14. The maximum absolute atomic E-state index is 11.9. The van der Waals surface area contributed by atoms with Gasteiger partial charge in [0.2, 0.25) is 0 Å². The first-order valence-electron chi connectivity index (χ1n) is 16.8. The van der Waals surface area contributed by atoms with E-state index in [0.717, 1.165) is 0 Å². The minimum Gasteiger partial charge on any atom is -0.480 e. The zero-order valence-corrected chi connectivity index (χ0v) is 30.2. The number of carbonyl (C=O) groups excluding carboxylic acids is 1. The van der Waals surface area contributed by atoms with Crippen molar-refractivity contribution in [2.45, 2.75) is 26.4 Å². The van der Waals surface area contributed by atoms with Gasteiger partial charge in [-0.1, -0.05) is 0 Å². The number of likely N-dealkylation sites (N-methyl/N-ethyl adjacent to an activating group) is 1. The Hall–Kier alpha value is -1.74. The Morgan fingerprint density at radius 2 is 0.653 bits per heavy atom. The van der Waals surface area contributed by atoms with E-state index in [2.05, 4.69) is 0 Å². The lowest BCUT2D eigenvalue weighted by molar-refractivity contribution is -0.142. The number of hydrogen-bond acceptors (Lipinski definition) is 15. The largest absolute Gasteiger partial charge is 0.480 e. The van der Waals surface area contributed by atoms with Gasteiger partial charge in [-0.15, -0.1) is 0 Å². The van der Waals surface area contributed by atoms with Gasteiger partial charge in [-0.25, -0.2) is 9.59 Å². The molecule has 0 fully saturated rings. The van der Waals surface area contributed by atoms with Gasteiger partial charge < -0.3 is 71.6 Å². The lowest BCUT2D eigenvalue weighted by Gasteiger charge is -2.24. The molecule has 49 heavy (non-hydrogen) atoms. The quantitative estimate of drug-likeness (QED) is 0.0899. The number of ether oxygens (including phenoxy) is 13. The summed E-state index contributed by atoms with van der Waals surface area (Å²) < 4.78 is 69.9. The Kier molecular flexibility index (Phi) is 34.8. The molecule has 0 heterocycles. The van der Waals surface area contributed by atoms with Gasteiger partial charge in [0.1, 0.15) is 12.2 Å². The molecule has 17 heteroatoms. The number of carboxylic acid groups (broad SMARTS) is 1. The number of rotatable bonds is 38. The highest BCUT2D eigenvalue weighted by Gasteiger charge is 2.19. The van der Waals surface area contributed by atoms with Crippen LogP contribution in [0, 0.1) is 0 Å². The van der Waals surface area contributed by atoms with Crippen molar-refractivity contribution in [1.29, 1.82) is 0 Å². The minimum absolute atomic E-state index is 0.237. The summed E-state index contributed by atoms with van der Waals surface area (Å²) in [7, 11) is 1.68. The molecular formula is C32H63NO16. The first kappa shape index (κ1) is 47.3. The third-order valence-electron chi connectivity index (χ3n) is 5.59. The number of aliphatic carboxylic acids is 1. The third kappa shape index (κ3) is 40.6. The number of hydrogen-bond donors (Lipinski definition) is 1. The van der Waals surface area contributed by atoms with E-state index >= 15 is 0 Å². The van der Waals surface area contributed by atoms with Crippen LogP contribution in [-0.2, 0) is 66.4 Å². The fraction of sp³-hybridized carbons (Fsp3) is 0.938. The van der Waals surface area contributed by atoms with E-state index in [1.165, 1.54) is 4.90 Å². The molecule has 0 unspecified atom stereocenters. The smallest absolute Gasteiger partial charge is 0.410 e. The second kappa shape index (κ2) is 36.1. The van der Waals surface area contributed by atoms with Crippen molar-refractivity contribution in [3.63, 3.8) is 0 Å². The average Bonchev–Trinajstić information content (AvgIpc) is 3.05. The van der Waals surface area contributed by atoms with Crippen LogP contribution in [-0.4, -0.2) is 200 Å². The van der Waals surface area contributed by atoms with Gasteiger partial charge in [-0.2, -0.15) is 0 Å². The number of amides is 1. The van der Waals surface area contributed by atoms with E-state index < -0.39 is 11.6 Å². The Labute approximate surface area is 291 Å². The van der Waals surface area contributed by atoms with E-state index in [-0.39, 0.29) is 19.3 Å². The molecule has 1 N–H and O–H groups in total. The highest BCUT2D eigenvalue weighted by atomic mass is 16.6. The molecule has 0 spiro atoms. The van der Waals surface area contributed by atoms with Crippen molar-refractivity contribution in [1.82, 2.24) is 4.90 Å². The number of nitrogens with zero attached hydrogens (tertiary/aromatic N) is 1. The van der Waals surface area contributed by atoms with Crippen LogP contribution in [0.15, 0.2) is 0 Å². The maximum atomic E-state index is 11.9. The van der Waals surface area contributed by atoms with Crippen molar-refractivity contribution in [3.8, 4) is 0 Å². The fourth-order valence-electron chi connectivity index (χ4n) is 3.21. The molecule has 0 radical (unpaired) electrons. The summed E-state index contributed by atoms with van der Waals surface area (Å²) in [4.78, 5) is 23.6. The minimum atomic E-state index is -1.000. The highest BCUT2D eigenvalue weighted by Crippen LogP contribution is 2.08. The Morgan fingerprint density at radius 3 is 0.878 bits per heavy atom. The summed E-state index contributed by atoms with van der Waals surface area (Å²) in [5, 5.41) is 8.43. The van der Waals surface area contributed by atoms with E-state index in [0.29, 0.717) is 152 Å². The Morgan fingerprint density at radius 1 is 0.429 bits per heavy atom. The SMILES string of the molecule is CN(CCOCCOCCOCCOCCOCCOCCOCCOCCOCCOCCOCCOCC(=O)O)C(=O)OC(C)(C)C. The normalized spacial score (nSPS) is 11.7. The van der Waals surface area contributed by atoms with Crippen LogP contribution in [0.3, 0.4) is 0 Å². The standard InChI is InChI=1S/C32H63NO16/c1-32(2,3)49-31(36)33(4)5-6-37-7-8-38-9-10-39-11-12-40-13-14-41-15-16-42-17-18-43-19-20-44-21-22-45-23-24-46-25-26-47-27-28-48-29-30(34)35/h5-29H2,1-4H3,(H,34,35). The first-order valence-corrected chi connectivity index (χ1v) is 16.8. The van der Waals surface area contributed by atoms with Crippen LogP contribution in [0.25, 0.3) is 0 Å². The second-order valence-electron chi connectivity index (χ2n) is 11.1. The second-order valence-corrected chi connectivity index (χ2v) is 11.1. The molecule has 0 saturated heterocycles. The summed E-state index contributed by atoms with van der Waals surface area (Å²) >= 11 is 0. The molecule has 0 aromatic rings. The van der Waals surface area contributed by atoms with Gasteiger partial charge in [0, 0.05) is 13.6 Å². The van der Waals surface area contributed by atoms with Crippen molar-refractivity contribution < 1.29 is 76.3 Å². The molecule has 0 aliphatic carbocycles. The molecule has 0 bridgehead atoms. The van der Waals surface area contributed by atoms with Gasteiger partial charge in [0.05, 0.1) is 152 Å².